The second kappa shape index (κ2) is 5.29. The average Bonchev–Trinajstić information content (AvgIpc) is 2.23. The van der Waals surface area contributed by atoms with Crippen molar-refractivity contribution in [2.24, 2.45) is 0 Å². The van der Waals surface area contributed by atoms with Crippen LogP contribution in [0.2, 0.25) is 5.02 Å². The Morgan fingerprint density at radius 3 is 2.50 bits per heavy atom. The molecular weight excluding hydrogens is 361 g/mol. The van der Waals surface area contributed by atoms with Crippen molar-refractivity contribution in [1.82, 2.24) is 4.72 Å². The molecule has 100 valence electrons. The lowest BCUT2D eigenvalue weighted by Gasteiger charge is -2.40. The molecule has 0 aliphatic heterocycles. The highest BCUT2D eigenvalue weighted by atomic mass is 79.9. The lowest BCUT2D eigenvalue weighted by molar-refractivity contribution is 0.252. The zero-order chi connectivity index (χ0) is 13.4. The fourth-order valence-electron chi connectivity index (χ4n) is 1.90. The van der Waals surface area contributed by atoms with Gasteiger partial charge in [0, 0.05) is 15.9 Å². The molecule has 0 saturated heterocycles. The van der Waals surface area contributed by atoms with E-state index in [-0.39, 0.29) is 15.8 Å². The van der Waals surface area contributed by atoms with Gasteiger partial charge in [0.2, 0.25) is 10.0 Å². The third kappa shape index (κ3) is 2.85. The molecule has 0 aromatic heterocycles. The van der Waals surface area contributed by atoms with Gasteiger partial charge in [-0.15, -0.1) is 11.6 Å². The molecule has 1 aromatic rings. The van der Waals surface area contributed by atoms with E-state index in [4.69, 9.17) is 23.2 Å². The minimum absolute atomic E-state index is 0.0868. The molecule has 18 heavy (non-hydrogen) atoms. The molecule has 1 fully saturated rings. The van der Waals surface area contributed by atoms with Gasteiger partial charge in [-0.2, -0.15) is 0 Å². The minimum Gasteiger partial charge on any atom is -0.207 e. The first-order valence-corrected chi connectivity index (χ1v) is 8.62. The van der Waals surface area contributed by atoms with E-state index in [0.29, 0.717) is 0 Å². The van der Waals surface area contributed by atoms with Crippen LogP contribution in [0.3, 0.4) is 0 Å². The lowest BCUT2D eigenvalue weighted by Crippen LogP contribution is -2.54. The Morgan fingerprint density at radius 1 is 1.39 bits per heavy atom. The van der Waals surface area contributed by atoms with Crippen LogP contribution < -0.4 is 4.72 Å². The predicted molar refractivity (Wildman–Crippen MR) is 76.8 cm³/mol. The Bertz CT molecular complexity index is 553. The standard InChI is InChI=1S/C11H12BrCl2NO2S/c12-8-2-3-10(9(14)6-8)18(16,17)15-11(7-13)4-1-5-11/h2-3,6,15H,1,4-5,7H2. The summed E-state index contributed by atoms with van der Waals surface area (Å²) in [5.41, 5.74) is -0.503. The highest BCUT2D eigenvalue weighted by Crippen LogP contribution is 2.35. The Morgan fingerprint density at radius 2 is 2.06 bits per heavy atom. The summed E-state index contributed by atoms with van der Waals surface area (Å²) < 4.78 is 27.9. The zero-order valence-corrected chi connectivity index (χ0v) is 13.3. The largest absolute Gasteiger partial charge is 0.242 e. The number of benzene rings is 1. The van der Waals surface area contributed by atoms with Crippen molar-refractivity contribution in [1.29, 1.82) is 0 Å². The Kier molecular flexibility index (Phi) is 4.29. The molecule has 3 nitrogen and oxygen atoms in total. The van der Waals surface area contributed by atoms with Crippen molar-refractivity contribution in [2.45, 2.75) is 29.7 Å². The van der Waals surface area contributed by atoms with E-state index in [2.05, 4.69) is 20.7 Å². The smallest absolute Gasteiger partial charge is 0.207 e. The first kappa shape index (κ1) is 14.6. The number of rotatable bonds is 4. The first-order valence-electron chi connectivity index (χ1n) is 5.44. The van der Waals surface area contributed by atoms with Crippen molar-refractivity contribution in [3.05, 3.63) is 27.7 Å². The SMILES string of the molecule is O=S(=O)(NC1(CCl)CCC1)c1ccc(Br)cc1Cl. The first-order chi connectivity index (χ1) is 8.38. The van der Waals surface area contributed by atoms with Crippen LogP contribution in [0.4, 0.5) is 0 Å². The van der Waals surface area contributed by atoms with E-state index in [9.17, 15) is 8.42 Å². The fourth-order valence-corrected chi connectivity index (χ4v) is 4.81. The van der Waals surface area contributed by atoms with Crippen LogP contribution in [0, 0.1) is 0 Å². The third-order valence-corrected chi connectivity index (χ3v) is 6.17. The van der Waals surface area contributed by atoms with Gasteiger partial charge in [-0.3, -0.25) is 0 Å². The van der Waals surface area contributed by atoms with E-state index in [0.717, 1.165) is 23.7 Å². The maximum Gasteiger partial charge on any atom is 0.242 e. The van der Waals surface area contributed by atoms with Gasteiger partial charge in [0.15, 0.2) is 0 Å². The number of sulfonamides is 1. The molecule has 1 N–H and O–H groups in total. The van der Waals surface area contributed by atoms with Gasteiger partial charge >= 0.3 is 0 Å². The van der Waals surface area contributed by atoms with E-state index < -0.39 is 15.6 Å². The molecule has 0 heterocycles. The van der Waals surface area contributed by atoms with Crippen LogP contribution >= 0.6 is 39.1 Å². The van der Waals surface area contributed by atoms with Gasteiger partial charge in [-0.1, -0.05) is 27.5 Å². The molecule has 2 rings (SSSR count). The summed E-state index contributed by atoms with van der Waals surface area (Å²) in [5.74, 6) is 0.278. The van der Waals surface area contributed by atoms with Gasteiger partial charge in [-0.05, 0) is 37.5 Å². The average molecular weight is 373 g/mol. The molecule has 0 bridgehead atoms. The summed E-state index contributed by atoms with van der Waals surface area (Å²) >= 11 is 15.1. The number of hydrogen-bond donors (Lipinski definition) is 1. The fraction of sp³-hybridized carbons (Fsp3) is 0.455. The molecule has 0 spiro atoms. The number of alkyl halides is 1. The monoisotopic (exact) mass is 371 g/mol. The lowest BCUT2D eigenvalue weighted by atomic mass is 9.79. The van der Waals surface area contributed by atoms with Crippen molar-refractivity contribution in [3.8, 4) is 0 Å². The molecule has 0 atom stereocenters. The second-order valence-corrected chi connectivity index (χ2v) is 7.69. The molecule has 1 aromatic carbocycles. The quantitative estimate of drug-likeness (QED) is 0.821. The summed E-state index contributed by atoms with van der Waals surface area (Å²) in [6, 6.07) is 4.69. The van der Waals surface area contributed by atoms with E-state index >= 15 is 0 Å². The summed E-state index contributed by atoms with van der Waals surface area (Å²) in [6.45, 7) is 0. The molecule has 1 saturated carbocycles. The molecule has 0 radical (unpaired) electrons. The third-order valence-electron chi connectivity index (χ3n) is 3.10. The van der Waals surface area contributed by atoms with Crippen LogP contribution in [0.15, 0.2) is 27.6 Å². The van der Waals surface area contributed by atoms with E-state index in [1.54, 1.807) is 12.1 Å². The summed E-state index contributed by atoms with van der Waals surface area (Å²) in [5, 5.41) is 0.195. The Labute approximate surface area is 125 Å². The molecular formula is C11H12BrCl2NO2S. The van der Waals surface area contributed by atoms with Crippen LogP contribution in [-0.2, 0) is 10.0 Å². The van der Waals surface area contributed by atoms with Crippen LogP contribution in [-0.4, -0.2) is 19.8 Å². The van der Waals surface area contributed by atoms with Gasteiger partial charge in [0.1, 0.15) is 4.90 Å². The summed E-state index contributed by atoms with van der Waals surface area (Å²) in [4.78, 5) is 0.0868. The number of nitrogens with one attached hydrogen (secondary N) is 1. The maximum absolute atomic E-state index is 12.3. The molecule has 1 aliphatic rings. The maximum atomic E-state index is 12.3. The van der Waals surface area contributed by atoms with Gasteiger partial charge in [0.05, 0.1) is 5.02 Å². The van der Waals surface area contributed by atoms with Crippen LogP contribution in [0.1, 0.15) is 19.3 Å². The molecule has 7 heteroatoms. The van der Waals surface area contributed by atoms with Gasteiger partial charge in [-0.25, -0.2) is 13.1 Å². The van der Waals surface area contributed by atoms with Gasteiger partial charge < -0.3 is 0 Å². The second-order valence-electron chi connectivity index (χ2n) is 4.45. The molecule has 0 amide bonds. The predicted octanol–water partition coefficient (Wildman–Crippen LogP) is 3.54. The summed E-state index contributed by atoms with van der Waals surface area (Å²) in [6.07, 6.45) is 2.52. The summed E-state index contributed by atoms with van der Waals surface area (Å²) in [7, 11) is -3.63. The Balaban J connectivity index is 2.31. The minimum atomic E-state index is -3.63. The Hall–Kier alpha value is 0.190. The van der Waals surface area contributed by atoms with Crippen LogP contribution in [0.25, 0.3) is 0 Å². The topological polar surface area (TPSA) is 46.2 Å². The highest BCUT2D eigenvalue weighted by molar-refractivity contribution is 9.10. The van der Waals surface area contributed by atoms with Crippen molar-refractivity contribution >= 4 is 49.2 Å². The van der Waals surface area contributed by atoms with Crippen molar-refractivity contribution in [2.75, 3.05) is 5.88 Å². The molecule has 1 aliphatic carbocycles. The zero-order valence-electron chi connectivity index (χ0n) is 9.42. The molecule has 0 unspecified atom stereocenters. The highest BCUT2D eigenvalue weighted by Gasteiger charge is 2.40. The number of hydrogen-bond acceptors (Lipinski definition) is 2. The van der Waals surface area contributed by atoms with E-state index in [1.807, 2.05) is 0 Å². The van der Waals surface area contributed by atoms with Crippen molar-refractivity contribution in [3.63, 3.8) is 0 Å². The normalized spacial score (nSPS) is 18.4. The van der Waals surface area contributed by atoms with Crippen LogP contribution in [0.5, 0.6) is 0 Å². The van der Waals surface area contributed by atoms with Gasteiger partial charge in [0.25, 0.3) is 0 Å². The van der Waals surface area contributed by atoms with E-state index in [1.165, 1.54) is 6.07 Å². The number of halogens is 3. The van der Waals surface area contributed by atoms with Crippen molar-refractivity contribution < 1.29 is 8.42 Å².